The van der Waals surface area contributed by atoms with Gasteiger partial charge in [-0.1, -0.05) is 6.92 Å². The first-order chi connectivity index (χ1) is 10.1. The Balaban J connectivity index is 2.10. The summed E-state index contributed by atoms with van der Waals surface area (Å²) in [7, 11) is 2.11. The highest BCUT2D eigenvalue weighted by atomic mass is 15.3. The summed E-state index contributed by atoms with van der Waals surface area (Å²) in [6, 6.07) is 0.890. The van der Waals surface area contributed by atoms with Gasteiger partial charge >= 0.3 is 0 Å². The highest BCUT2D eigenvalue weighted by Crippen LogP contribution is 2.35. The first-order valence-electron chi connectivity index (χ1n) is 7.46. The van der Waals surface area contributed by atoms with Crippen molar-refractivity contribution in [2.24, 2.45) is 0 Å². The van der Waals surface area contributed by atoms with E-state index < -0.39 is 0 Å². The molecule has 0 unspecified atom stereocenters. The minimum absolute atomic E-state index is 0.410. The molecule has 0 aliphatic carbocycles. The van der Waals surface area contributed by atoms with Gasteiger partial charge in [-0.25, -0.2) is 9.97 Å². The van der Waals surface area contributed by atoms with E-state index in [9.17, 15) is 0 Å². The Hall–Kier alpha value is -2.11. The average Bonchev–Trinajstić information content (AvgIpc) is 3.00. The molecule has 0 bridgehead atoms. The molecule has 0 aromatic carbocycles. The molecule has 21 heavy (non-hydrogen) atoms. The first kappa shape index (κ1) is 13.9. The lowest BCUT2D eigenvalue weighted by Crippen LogP contribution is -2.51. The van der Waals surface area contributed by atoms with Crippen molar-refractivity contribution in [2.45, 2.75) is 39.3 Å². The summed E-state index contributed by atoms with van der Waals surface area (Å²) in [5, 5.41) is 0. The van der Waals surface area contributed by atoms with E-state index in [-0.39, 0.29) is 0 Å². The van der Waals surface area contributed by atoms with Gasteiger partial charge in [-0.05, 0) is 20.3 Å². The predicted molar refractivity (Wildman–Crippen MR) is 84.1 cm³/mol. The number of fused-ring (bicyclic) bond motifs is 1. The van der Waals surface area contributed by atoms with E-state index in [2.05, 4.69) is 47.6 Å². The molecule has 0 fully saturated rings. The molecule has 0 N–H and O–H groups in total. The Morgan fingerprint density at radius 1 is 1.38 bits per heavy atom. The molecule has 0 saturated heterocycles. The van der Waals surface area contributed by atoms with Crippen LogP contribution in [0.25, 0.3) is 5.95 Å². The van der Waals surface area contributed by atoms with Crippen molar-refractivity contribution < 1.29 is 0 Å². The average molecular weight is 286 g/mol. The Morgan fingerprint density at radius 2 is 2.19 bits per heavy atom. The fourth-order valence-corrected chi connectivity index (χ4v) is 2.99. The summed E-state index contributed by atoms with van der Waals surface area (Å²) in [5.41, 5.74) is 1.09. The van der Waals surface area contributed by atoms with Crippen molar-refractivity contribution >= 4 is 11.5 Å². The molecule has 6 nitrogen and oxygen atoms in total. The minimum atomic E-state index is 0.410. The quantitative estimate of drug-likeness (QED) is 0.865. The van der Waals surface area contributed by atoms with Gasteiger partial charge in [0.1, 0.15) is 6.33 Å². The van der Waals surface area contributed by atoms with Gasteiger partial charge in [0.2, 0.25) is 5.95 Å². The Labute approximate surface area is 125 Å². The highest BCUT2D eigenvalue weighted by Gasteiger charge is 2.31. The fraction of sp³-hybridized carbons (Fsp3) is 0.533. The zero-order chi connectivity index (χ0) is 15.0. The molecule has 0 spiro atoms. The van der Waals surface area contributed by atoms with Gasteiger partial charge in [0.15, 0.2) is 5.82 Å². The molecule has 0 amide bonds. The topological polar surface area (TPSA) is 50.1 Å². The van der Waals surface area contributed by atoms with Crippen molar-refractivity contribution in [3.05, 3.63) is 24.9 Å². The van der Waals surface area contributed by atoms with E-state index in [0.29, 0.717) is 18.0 Å². The maximum absolute atomic E-state index is 4.80. The second-order valence-electron chi connectivity index (χ2n) is 5.79. The van der Waals surface area contributed by atoms with Gasteiger partial charge in [-0.3, -0.25) is 4.57 Å². The summed E-state index contributed by atoms with van der Waals surface area (Å²) < 4.78 is 1.84. The van der Waals surface area contributed by atoms with Crippen LogP contribution in [0, 0.1) is 0 Å². The maximum Gasteiger partial charge on any atom is 0.236 e. The zero-order valence-electron chi connectivity index (χ0n) is 13.1. The van der Waals surface area contributed by atoms with E-state index in [0.717, 1.165) is 24.5 Å². The van der Waals surface area contributed by atoms with Crippen LogP contribution in [0.2, 0.25) is 0 Å². The van der Waals surface area contributed by atoms with E-state index in [1.54, 1.807) is 12.5 Å². The molecule has 0 saturated carbocycles. The summed E-state index contributed by atoms with van der Waals surface area (Å²) in [5.74, 6) is 1.69. The molecular formula is C15H22N6. The number of rotatable bonds is 3. The summed E-state index contributed by atoms with van der Waals surface area (Å²) in [6.45, 7) is 7.68. The maximum atomic E-state index is 4.80. The molecule has 2 aromatic heterocycles. The smallest absolute Gasteiger partial charge is 0.236 e. The number of hydrogen-bond acceptors (Lipinski definition) is 5. The van der Waals surface area contributed by atoms with Gasteiger partial charge in [-0.15, -0.1) is 0 Å². The standard InChI is InChI=1S/C15H22N6/c1-5-12-9-19(4)13-8-17-15(20-7-6-16-10-20)18-14(13)21(12)11(2)3/h6-8,10-12H,5,9H2,1-4H3/t12-/m1/s1. The lowest BCUT2D eigenvalue weighted by molar-refractivity contribution is 0.504. The summed E-state index contributed by atoms with van der Waals surface area (Å²) >= 11 is 0. The van der Waals surface area contributed by atoms with Crippen LogP contribution in [0.15, 0.2) is 24.9 Å². The lowest BCUT2D eigenvalue weighted by atomic mass is 10.1. The van der Waals surface area contributed by atoms with Crippen LogP contribution in [-0.4, -0.2) is 45.2 Å². The molecule has 112 valence electrons. The Kier molecular flexibility index (Phi) is 3.53. The SMILES string of the molecule is CC[C@@H]1CN(C)c2cnc(-n3ccnc3)nc2N1C(C)C. The van der Waals surface area contributed by atoms with Crippen LogP contribution in [0.5, 0.6) is 0 Å². The normalized spacial score (nSPS) is 18.2. The van der Waals surface area contributed by atoms with Crippen molar-refractivity contribution in [3.8, 4) is 5.95 Å². The molecule has 0 radical (unpaired) electrons. The van der Waals surface area contributed by atoms with Crippen LogP contribution < -0.4 is 9.80 Å². The molecule has 1 atom stereocenters. The third kappa shape index (κ3) is 2.34. The molecule has 1 aliphatic rings. The molecule has 2 aromatic rings. The number of imidazole rings is 1. The second kappa shape index (κ2) is 5.35. The van der Waals surface area contributed by atoms with Gasteiger partial charge in [0.25, 0.3) is 0 Å². The molecule has 6 heteroatoms. The van der Waals surface area contributed by atoms with Gasteiger partial charge in [0.05, 0.1) is 11.9 Å². The van der Waals surface area contributed by atoms with E-state index in [1.165, 1.54) is 0 Å². The third-order valence-corrected chi connectivity index (χ3v) is 4.03. The van der Waals surface area contributed by atoms with Crippen LogP contribution in [-0.2, 0) is 0 Å². The van der Waals surface area contributed by atoms with Crippen molar-refractivity contribution in [1.29, 1.82) is 0 Å². The molecule has 3 heterocycles. The number of anilines is 2. The summed E-state index contributed by atoms with van der Waals surface area (Å²) in [4.78, 5) is 18.0. The van der Waals surface area contributed by atoms with Crippen LogP contribution in [0.4, 0.5) is 11.5 Å². The fourth-order valence-electron chi connectivity index (χ4n) is 2.99. The third-order valence-electron chi connectivity index (χ3n) is 4.03. The molecule has 1 aliphatic heterocycles. The summed E-state index contributed by atoms with van der Waals surface area (Å²) in [6.07, 6.45) is 8.35. The van der Waals surface area contributed by atoms with E-state index in [1.807, 2.05) is 17.0 Å². The predicted octanol–water partition coefficient (Wildman–Crippen LogP) is 2.11. The van der Waals surface area contributed by atoms with Gasteiger partial charge in [-0.2, -0.15) is 4.98 Å². The molecular weight excluding hydrogens is 264 g/mol. The monoisotopic (exact) mass is 286 g/mol. The number of nitrogens with zero attached hydrogens (tertiary/aromatic N) is 6. The Morgan fingerprint density at radius 3 is 2.81 bits per heavy atom. The van der Waals surface area contributed by atoms with Crippen molar-refractivity contribution in [3.63, 3.8) is 0 Å². The Bertz CT molecular complexity index is 607. The molecule has 3 rings (SSSR count). The van der Waals surface area contributed by atoms with Crippen molar-refractivity contribution in [2.75, 3.05) is 23.4 Å². The largest absolute Gasteiger partial charge is 0.368 e. The van der Waals surface area contributed by atoms with Crippen LogP contribution in [0.3, 0.4) is 0 Å². The lowest BCUT2D eigenvalue weighted by Gasteiger charge is -2.44. The van der Waals surface area contributed by atoms with Gasteiger partial charge in [0, 0.05) is 38.1 Å². The van der Waals surface area contributed by atoms with Gasteiger partial charge < -0.3 is 9.80 Å². The van der Waals surface area contributed by atoms with E-state index in [4.69, 9.17) is 4.98 Å². The number of hydrogen-bond donors (Lipinski definition) is 0. The van der Waals surface area contributed by atoms with Crippen molar-refractivity contribution in [1.82, 2.24) is 19.5 Å². The van der Waals surface area contributed by atoms with Crippen LogP contribution >= 0.6 is 0 Å². The minimum Gasteiger partial charge on any atom is -0.368 e. The highest BCUT2D eigenvalue weighted by molar-refractivity contribution is 5.70. The zero-order valence-corrected chi connectivity index (χ0v) is 13.1. The van der Waals surface area contributed by atoms with Crippen LogP contribution in [0.1, 0.15) is 27.2 Å². The number of likely N-dealkylation sites (N-methyl/N-ethyl adjacent to an activating group) is 1. The number of aromatic nitrogens is 4. The second-order valence-corrected chi connectivity index (χ2v) is 5.79. The first-order valence-corrected chi connectivity index (χ1v) is 7.46. The van der Waals surface area contributed by atoms with E-state index >= 15 is 0 Å².